The molecule has 2 saturated carbocycles. The van der Waals surface area contributed by atoms with Crippen molar-refractivity contribution in [3.05, 3.63) is 12.2 Å². The summed E-state index contributed by atoms with van der Waals surface area (Å²) in [6.07, 6.45) is 8.07. The molecule has 3 atom stereocenters. The maximum atomic E-state index is 13.1. The topological polar surface area (TPSA) is 142 Å². The Hall–Kier alpha value is -2.27. The highest BCUT2D eigenvalue weighted by Gasteiger charge is 2.59. The van der Waals surface area contributed by atoms with Crippen molar-refractivity contribution in [2.45, 2.75) is 75.1 Å². The Morgan fingerprint density at radius 3 is 2.64 bits per heavy atom. The Morgan fingerprint density at radius 1 is 1.24 bits per heavy atom. The fraction of sp³-hybridized carbons (Fsp3) is 0.727. The molecule has 184 valence electrons. The van der Waals surface area contributed by atoms with Gasteiger partial charge in [0, 0.05) is 25.9 Å². The number of nitrogens with one attached hydrogen (secondary N) is 3. The van der Waals surface area contributed by atoms with Crippen molar-refractivity contribution in [1.29, 1.82) is 0 Å². The number of ketones is 2. The first-order valence-corrected chi connectivity index (χ1v) is 13.1. The largest absolute Gasteiger partial charge is 0.341 e. The maximum Gasteiger partial charge on any atom is 0.317 e. The van der Waals surface area contributed by atoms with Gasteiger partial charge in [-0.3, -0.25) is 9.59 Å². The quantitative estimate of drug-likeness (QED) is 0.433. The summed E-state index contributed by atoms with van der Waals surface area (Å²) in [7, 11) is -1.89. The van der Waals surface area contributed by atoms with Crippen molar-refractivity contribution < 1.29 is 27.6 Å². The highest BCUT2D eigenvalue weighted by molar-refractivity contribution is 7.90. The summed E-state index contributed by atoms with van der Waals surface area (Å²) in [5.74, 6) is -1.31. The second-order valence-corrected chi connectivity index (χ2v) is 11.4. The minimum atomic E-state index is -3.54. The number of rotatable bonds is 8. The van der Waals surface area contributed by atoms with E-state index in [0.29, 0.717) is 25.8 Å². The summed E-state index contributed by atoms with van der Waals surface area (Å²) < 4.78 is 26.7. The molecule has 1 aliphatic heterocycles. The van der Waals surface area contributed by atoms with E-state index in [0.717, 1.165) is 19.3 Å². The zero-order valence-corrected chi connectivity index (χ0v) is 20.1. The molecule has 2 aliphatic carbocycles. The molecule has 10 nitrogen and oxygen atoms in total. The lowest BCUT2D eigenvalue weighted by Crippen LogP contribution is -2.56. The molecule has 0 aromatic carbocycles. The number of fused-ring (bicyclic) bond motifs is 1. The molecule has 2 fully saturated rings. The van der Waals surface area contributed by atoms with Gasteiger partial charge in [-0.1, -0.05) is 12.2 Å². The van der Waals surface area contributed by atoms with Crippen LogP contribution in [-0.4, -0.2) is 73.8 Å². The second-order valence-electron chi connectivity index (χ2n) is 9.35. The van der Waals surface area contributed by atoms with Crippen molar-refractivity contribution >= 4 is 33.5 Å². The summed E-state index contributed by atoms with van der Waals surface area (Å²) in [6.45, 7) is 1.55. The molecule has 11 heteroatoms. The summed E-state index contributed by atoms with van der Waals surface area (Å²) >= 11 is 0. The molecule has 0 aromatic heterocycles. The maximum absolute atomic E-state index is 13.1. The van der Waals surface area contributed by atoms with Gasteiger partial charge in [-0.2, -0.15) is 0 Å². The van der Waals surface area contributed by atoms with Crippen molar-refractivity contribution in [2.75, 3.05) is 20.1 Å². The summed E-state index contributed by atoms with van der Waals surface area (Å²) in [6, 6.07) is -1.40. The van der Waals surface area contributed by atoms with E-state index < -0.39 is 51.1 Å². The van der Waals surface area contributed by atoms with Crippen molar-refractivity contribution in [2.24, 2.45) is 5.92 Å². The van der Waals surface area contributed by atoms with Gasteiger partial charge in [0.05, 0.1) is 11.8 Å². The highest BCUT2D eigenvalue weighted by atomic mass is 32.2. The van der Waals surface area contributed by atoms with E-state index in [9.17, 15) is 27.6 Å². The Kier molecular flexibility index (Phi) is 7.94. The number of carbonyl (C=O) groups is 4. The SMILES string of the molecule is CC(=O)CCC1NC(=O)N(C)CCCC/C=C/C2CC2(C(=O)CNS(=O)(=O)C2CC2)NC1=O. The van der Waals surface area contributed by atoms with Crippen LogP contribution in [0.4, 0.5) is 4.79 Å². The van der Waals surface area contributed by atoms with E-state index in [4.69, 9.17) is 0 Å². The lowest BCUT2D eigenvalue weighted by Gasteiger charge is -2.26. The number of hydrogen-bond acceptors (Lipinski definition) is 6. The van der Waals surface area contributed by atoms with E-state index in [2.05, 4.69) is 15.4 Å². The van der Waals surface area contributed by atoms with Crippen LogP contribution < -0.4 is 15.4 Å². The van der Waals surface area contributed by atoms with E-state index >= 15 is 0 Å². The molecule has 0 radical (unpaired) electrons. The Morgan fingerprint density at radius 2 is 1.97 bits per heavy atom. The normalized spacial score (nSPS) is 29.8. The van der Waals surface area contributed by atoms with Gasteiger partial charge in [-0.15, -0.1) is 0 Å². The average molecular weight is 483 g/mol. The standard InChI is InChI=1S/C22H34N4O6S/c1-15(27)8-11-18-20(29)25-22(19(28)14-23-33(31,32)17-9-10-17)13-16(22)7-5-3-4-6-12-26(2)21(30)24-18/h5,7,16-18,23H,3-4,6,8-14H2,1-2H3,(H,24,30)(H,25,29)/b7-5+. The number of urea groups is 1. The van der Waals surface area contributed by atoms with Crippen LogP contribution in [0, 0.1) is 5.92 Å². The summed E-state index contributed by atoms with van der Waals surface area (Å²) in [5.41, 5.74) is -1.21. The van der Waals surface area contributed by atoms with E-state index in [1.165, 1.54) is 11.8 Å². The number of carbonyl (C=O) groups excluding carboxylic acids is 4. The molecule has 3 aliphatic rings. The van der Waals surface area contributed by atoms with Crippen molar-refractivity contribution in [3.8, 4) is 0 Å². The lowest BCUT2D eigenvalue weighted by atomic mass is 10.0. The van der Waals surface area contributed by atoms with E-state index in [1.54, 1.807) is 7.05 Å². The van der Waals surface area contributed by atoms with Gasteiger partial charge >= 0.3 is 6.03 Å². The van der Waals surface area contributed by atoms with Gasteiger partial charge < -0.3 is 20.3 Å². The lowest BCUT2D eigenvalue weighted by molar-refractivity contribution is -0.129. The average Bonchev–Trinajstić information content (AvgIpc) is 3.66. The van der Waals surface area contributed by atoms with Crippen molar-refractivity contribution in [3.63, 3.8) is 0 Å². The Bertz CT molecular complexity index is 929. The smallest absolute Gasteiger partial charge is 0.317 e. The second kappa shape index (κ2) is 10.3. The van der Waals surface area contributed by atoms with Crippen LogP contribution in [0.5, 0.6) is 0 Å². The van der Waals surface area contributed by atoms with Crippen LogP contribution in [0.1, 0.15) is 58.3 Å². The molecule has 3 amide bonds. The predicted molar refractivity (Wildman–Crippen MR) is 122 cm³/mol. The minimum Gasteiger partial charge on any atom is -0.341 e. The van der Waals surface area contributed by atoms with Gasteiger partial charge in [-0.05, 0) is 51.9 Å². The molecule has 0 aromatic rings. The van der Waals surface area contributed by atoms with E-state index in [-0.39, 0.29) is 24.5 Å². The number of allylic oxidation sites excluding steroid dienone is 1. The Balaban J connectivity index is 1.78. The Labute approximate surface area is 195 Å². The fourth-order valence-corrected chi connectivity index (χ4v) is 5.35. The van der Waals surface area contributed by atoms with Crippen LogP contribution in [0.2, 0.25) is 0 Å². The molecule has 0 spiro atoms. The third-order valence-corrected chi connectivity index (χ3v) is 8.38. The number of Topliss-reactive ketones (excluding diaryl/α,β-unsaturated/α-hetero) is 2. The minimum absolute atomic E-state index is 0.105. The summed E-state index contributed by atoms with van der Waals surface area (Å²) in [4.78, 5) is 51.8. The zero-order chi connectivity index (χ0) is 24.2. The number of hydrogen-bond donors (Lipinski definition) is 3. The van der Waals surface area contributed by atoms with Crippen LogP contribution >= 0.6 is 0 Å². The molecule has 0 saturated heterocycles. The number of nitrogens with zero attached hydrogens (tertiary/aromatic N) is 1. The van der Waals surface area contributed by atoms with Crippen molar-refractivity contribution in [1.82, 2.24) is 20.3 Å². The molecule has 3 unspecified atom stereocenters. The fourth-order valence-electron chi connectivity index (χ4n) is 4.03. The van der Waals surface area contributed by atoms with Gasteiger partial charge in [0.1, 0.15) is 17.4 Å². The predicted octanol–water partition coefficient (Wildman–Crippen LogP) is 0.632. The molecular weight excluding hydrogens is 448 g/mol. The monoisotopic (exact) mass is 482 g/mol. The molecule has 0 bridgehead atoms. The van der Waals surface area contributed by atoms with Gasteiger partial charge in [0.25, 0.3) is 0 Å². The summed E-state index contributed by atoms with van der Waals surface area (Å²) in [5, 5.41) is 5.03. The van der Waals surface area contributed by atoms with Crippen LogP contribution in [0.15, 0.2) is 12.2 Å². The first-order chi connectivity index (χ1) is 15.5. The molecule has 3 N–H and O–H groups in total. The van der Waals surface area contributed by atoms with Crippen LogP contribution in [0.25, 0.3) is 0 Å². The van der Waals surface area contributed by atoms with Crippen LogP contribution in [-0.2, 0) is 24.4 Å². The van der Waals surface area contributed by atoms with Gasteiger partial charge in [0.15, 0.2) is 5.78 Å². The van der Waals surface area contributed by atoms with Crippen LogP contribution in [0.3, 0.4) is 0 Å². The molecule has 3 rings (SSSR count). The first-order valence-electron chi connectivity index (χ1n) is 11.6. The highest BCUT2D eigenvalue weighted by Crippen LogP contribution is 2.45. The van der Waals surface area contributed by atoms with Gasteiger partial charge in [-0.25, -0.2) is 17.9 Å². The molecule has 1 heterocycles. The zero-order valence-electron chi connectivity index (χ0n) is 19.3. The molecule has 33 heavy (non-hydrogen) atoms. The number of sulfonamides is 1. The molecular formula is C22H34N4O6S. The third kappa shape index (κ3) is 6.63. The first kappa shape index (κ1) is 25.4. The number of amides is 3. The van der Waals surface area contributed by atoms with Gasteiger partial charge in [0.2, 0.25) is 15.9 Å². The van der Waals surface area contributed by atoms with E-state index in [1.807, 2.05) is 12.2 Å². The third-order valence-electron chi connectivity index (χ3n) is 6.48.